The summed E-state index contributed by atoms with van der Waals surface area (Å²) in [5, 5.41) is 3.44. The number of amides is 2. The van der Waals surface area contributed by atoms with Gasteiger partial charge in [0.05, 0.1) is 18.6 Å². The predicted molar refractivity (Wildman–Crippen MR) is 140 cm³/mol. The maximum atomic E-state index is 13.5. The molecule has 0 saturated carbocycles. The molecule has 0 aliphatic rings. The van der Waals surface area contributed by atoms with Crippen molar-refractivity contribution in [1.29, 1.82) is 0 Å². The van der Waals surface area contributed by atoms with Crippen LogP contribution in [0, 0.1) is 0 Å². The Morgan fingerprint density at radius 3 is 2.17 bits per heavy atom. The number of anilines is 1. The van der Waals surface area contributed by atoms with Crippen molar-refractivity contribution < 1.29 is 22.7 Å². The highest BCUT2D eigenvalue weighted by Gasteiger charge is 2.30. The van der Waals surface area contributed by atoms with Gasteiger partial charge in [-0.3, -0.25) is 13.9 Å². The summed E-state index contributed by atoms with van der Waals surface area (Å²) in [6, 6.07) is 10.4. The van der Waals surface area contributed by atoms with E-state index in [-0.39, 0.29) is 12.5 Å². The van der Waals surface area contributed by atoms with E-state index in [2.05, 4.69) is 5.32 Å². The molecule has 2 rings (SSSR count). The van der Waals surface area contributed by atoms with Crippen molar-refractivity contribution >= 4 is 50.7 Å². The molecule has 0 heterocycles. The van der Waals surface area contributed by atoms with Crippen molar-refractivity contribution in [2.24, 2.45) is 0 Å². The molecular weight excluding hydrogens is 513 g/mol. The Balaban J connectivity index is 2.41. The summed E-state index contributed by atoms with van der Waals surface area (Å²) in [6.45, 7) is 5.66. The van der Waals surface area contributed by atoms with Gasteiger partial charge in [0.25, 0.3) is 0 Å². The van der Waals surface area contributed by atoms with Crippen molar-refractivity contribution in [3.8, 4) is 5.75 Å². The summed E-state index contributed by atoms with van der Waals surface area (Å²) >= 11 is 12.6. The van der Waals surface area contributed by atoms with Gasteiger partial charge in [-0.1, -0.05) is 36.2 Å². The minimum atomic E-state index is -3.83. The minimum absolute atomic E-state index is 0.0705. The highest BCUT2D eigenvalue weighted by atomic mass is 35.5. The molecule has 0 saturated heterocycles. The van der Waals surface area contributed by atoms with Crippen LogP contribution in [0.15, 0.2) is 42.5 Å². The third-order valence-corrected chi connectivity index (χ3v) is 7.07. The van der Waals surface area contributed by atoms with Gasteiger partial charge < -0.3 is 15.0 Å². The molecular formula is C24H31Cl2N3O5S. The third-order valence-electron chi connectivity index (χ3n) is 5.22. The van der Waals surface area contributed by atoms with E-state index < -0.39 is 28.5 Å². The molecule has 0 spiro atoms. The zero-order valence-corrected chi connectivity index (χ0v) is 22.6. The smallest absolute Gasteiger partial charge is 0.244 e. The fraction of sp³-hybridized carbons (Fsp3) is 0.417. The normalized spacial score (nSPS) is 12.1. The van der Waals surface area contributed by atoms with Crippen molar-refractivity contribution in [1.82, 2.24) is 10.2 Å². The Kier molecular flexibility index (Phi) is 10.7. The van der Waals surface area contributed by atoms with Crippen LogP contribution in [0.2, 0.25) is 10.0 Å². The van der Waals surface area contributed by atoms with Gasteiger partial charge in [0.15, 0.2) is 0 Å². The lowest BCUT2D eigenvalue weighted by molar-refractivity contribution is -0.139. The first kappa shape index (κ1) is 28.7. The monoisotopic (exact) mass is 543 g/mol. The largest absolute Gasteiger partial charge is 0.494 e. The molecule has 2 amide bonds. The van der Waals surface area contributed by atoms with Crippen molar-refractivity contribution in [3.05, 3.63) is 58.1 Å². The Hall–Kier alpha value is -2.49. The van der Waals surface area contributed by atoms with Crippen LogP contribution in [0.25, 0.3) is 0 Å². The Morgan fingerprint density at radius 2 is 1.66 bits per heavy atom. The van der Waals surface area contributed by atoms with Crippen molar-refractivity contribution in [3.63, 3.8) is 0 Å². The number of hydrogen-bond donors (Lipinski definition) is 1. The lowest BCUT2D eigenvalue weighted by atomic mass is 10.1. The summed E-state index contributed by atoms with van der Waals surface area (Å²) in [5.74, 6) is -0.373. The van der Waals surface area contributed by atoms with Crippen LogP contribution in [0.5, 0.6) is 5.75 Å². The highest BCUT2D eigenvalue weighted by molar-refractivity contribution is 7.92. The third kappa shape index (κ3) is 8.02. The summed E-state index contributed by atoms with van der Waals surface area (Å²) < 4.78 is 31.6. The molecule has 0 aliphatic carbocycles. The van der Waals surface area contributed by atoms with Gasteiger partial charge >= 0.3 is 0 Å². The second kappa shape index (κ2) is 13.0. The molecule has 0 radical (unpaired) electrons. The van der Waals surface area contributed by atoms with E-state index in [0.717, 1.165) is 17.0 Å². The molecule has 192 valence electrons. The molecule has 0 fully saturated rings. The number of ether oxygens (including phenoxy) is 1. The van der Waals surface area contributed by atoms with E-state index in [4.69, 9.17) is 27.9 Å². The number of hydrogen-bond acceptors (Lipinski definition) is 5. The van der Waals surface area contributed by atoms with Gasteiger partial charge in [0.1, 0.15) is 18.3 Å². The SMILES string of the molecule is CCCNC(=O)C(C)N(Cc1c(Cl)cccc1Cl)C(=O)CN(c1ccc(OCC)cc1)S(C)(=O)=O. The van der Waals surface area contributed by atoms with Crippen LogP contribution < -0.4 is 14.4 Å². The van der Waals surface area contributed by atoms with E-state index in [0.29, 0.717) is 40.2 Å². The lowest BCUT2D eigenvalue weighted by Crippen LogP contribution is -2.51. The lowest BCUT2D eigenvalue weighted by Gasteiger charge is -2.32. The molecule has 1 unspecified atom stereocenters. The Labute approximate surface area is 217 Å². The van der Waals surface area contributed by atoms with E-state index in [9.17, 15) is 18.0 Å². The van der Waals surface area contributed by atoms with E-state index in [1.807, 2.05) is 13.8 Å². The molecule has 1 N–H and O–H groups in total. The van der Waals surface area contributed by atoms with Crippen LogP contribution in [-0.2, 0) is 26.2 Å². The summed E-state index contributed by atoms with van der Waals surface area (Å²) in [7, 11) is -3.83. The van der Waals surface area contributed by atoms with Gasteiger partial charge in [-0.15, -0.1) is 0 Å². The Morgan fingerprint density at radius 1 is 1.06 bits per heavy atom. The van der Waals surface area contributed by atoms with Crippen molar-refractivity contribution in [2.45, 2.75) is 39.8 Å². The summed E-state index contributed by atoms with van der Waals surface area (Å²) in [4.78, 5) is 27.5. The molecule has 1 atom stereocenters. The van der Waals surface area contributed by atoms with Crippen LogP contribution in [-0.4, -0.2) is 57.1 Å². The van der Waals surface area contributed by atoms with Crippen LogP contribution in [0.1, 0.15) is 32.8 Å². The van der Waals surface area contributed by atoms with Gasteiger partial charge in [-0.05, 0) is 56.7 Å². The molecule has 8 nitrogen and oxygen atoms in total. The number of carbonyl (C=O) groups is 2. The molecule has 0 aliphatic heterocycles. The van der Waals surface area contributed by atoms with E-state index in [1.54, 1.807) is 49.4 Å². The second-order valence-electron chi connectivity index (χ2n) is 7.89. The first-order valence-corrected chi connectivity index (χ1v) is 13.8. The number of sulfonamides is 1. The second-order valence-corrected chi connectivity index (χ2v) is 10.6. The maximum Gasteiger partial charge on any atom is 0.244 e. The molecule has 0 aromatic heterocycles. The van der Waals surface area contributed by atoms with Gasteiger partial charge in [0.2, 0.25) is 21.8 Å². The average Bonchev–Trinajstić information content (AvgIpc) is 2.80. The molecule has 2 aromatic rings. The molecule has 11 heteroatoms. The van der Waals surface area contributed by atoms with Crippen LogP contribution in [0.4, 0.5) is 5.69 Å². The topological polar surface area (TPSA) is 96.0 Å². The van der Waals surface area contributed by atoms with Gasteiger partial charge in [-0.25, -0.2) is 8.42 Å². The molecule has 0 bridgehead atoms. The first-order chi connectivity index (χ1) is 16.5. The van der Waals surface area contributed by atoms with Crippen molar-refractivity contribution in [2.75, 3.05) is 30.3 Å². The quantitative estimate of drug-likeness (QED) is 0.434. The number of carbonyl (C=O) groups excluding carboxylic acids is 2. The molecule has 2 aromatic carbocycles. The number of benzene rings is 2. The van der Waals surface area contributed by atoms with Crippen LogP contribution in [0.3, 0.4) is 0 Å². The predicted octanol–water partition coefficient (Wildman–Crippen LogP) is 4.10. The number of nitrogens with one attached hydrogen (secondary N) is 1. The first-order valence-electron chi connectivity index (χ1n) is 11.2. The van der Waals surface area contributed by atoms with Gasteiger partial charge in [0, 0.05) is 28.7 Å². The number of nitrogens with zero attached hydrogens (tertiary/aromatic N) is 2. The van der Waals surface area contributed by atoms with Crippen LogP contribution >= 0.6 is 23.2 Å². The minimum Gasteiger partial charge on any atom is -0.494 e. The molecule has 35 heavy (non-hydrogen) atoms. The van der Waals surface area contributed by atoms with E-state index in [1.165, 1.54) is 4.90 Å². The highest BCUT2D eigenvalue weighted by Crippen LogP contribution is 2.27. The van der Waals surface area contributed by atoms with E-state index >= 15 is 0 Å². The number of halogens is 2. The average molecular weight is 545 g/mol. The van der Waals surface area contributed by atoms with Gasteiger partial charge in [-0.2, -0.15) is 0 Å². The number of rotatable bonds is 12. The zero-order chi connectivity index (χ0) is 26.2. The fourth-order valence-electron chi connectivity index (χ4n) is 3.32. The maximum absolute atomic E-state index is 13.5. The fourth-order valence-corrected chi connectivity index (χ4v) is 4.69. The standard InChI is InChI=1S/C24H31Cl2N3O5S/c1-5-14-27-24(31)17(3)28(15-20-21(25)8-7-9-22(20)26)23(30)16-29(35(4,32)33)18-10-12-19(13-11-18)34-6-2/h7-13,17H,5-6,14-16H2,1-4H3,(H,27,31). The Bertz CT molecular complexity index is 1110. The zero-order valence-electron chi connectivity index (χ0n) is 20.3. The summed E-state index contributed by atoms with van der Waals surface area (Å²) in [6.07, 6.45) is 1.74. The summed E-state index contributed by atoms with van der Waals surface area (Å²) in [5.41, 5.74) is 0.759.